The molecule has 1 heterocycles. The van der Waals surface area contributed by atoms with Gasteiger partial charge in [0.15, 0.2) is 5.96 Å². The fraction of sp³-hybridized carbons (Fsp3) is 0.500. The lowest BCUT2D eigenvalue weighted by Gasteiger charge is -2.20. The molecule has 1 fully saturated rings. The number of aliphatic imine (C=N–C) groups is 1. The number of aromatic nitrogens is 1. The molecule has 0 saturated heterocycles. The first-order chi connectivity index (χ1) is 12.2. The van der Waals surface area contributed by atoms with E-state index in [0.29, 0.717) is 0 Å². The van der Waals surface area contributed by atoms with Crippen LogP contribution in [0.5, 0.6) is 0 Å². The number of guanidine groups is 1. The first-order valence-corrected chi connectivity index (χ1v) is 9.93. The number of rotatable bonds is 7. The van der Waals surface area contributed by atoms with Crippen molar-refractivity contribution in [2.45, 2.75) is 44.9 Å². The van der Waals surface area contributed by atoms with Gasteiger partial charge in [-0.15, -0.1) is 11.3 Å². The summed E-state index contributed by atoms with van der Waals surface area (Å²) in [6.45, 7) is 6.17. The number of benzene rings is 1. The maximum Gasteiger partial charge on any atom is 0.191 e. The number of aryl methyl sites for hydroxylation is 2. The molecule has 1 aliphatic rings. The monoisotopic (exact) mass is 356 g/mol. The Hall–Kier alpha value is -1.88. The quantitative estimate of drug-likeness (QED) is 0.590. The molecule has 5 heteroatoms. The molecule has 0 radical (unpaired) electrons. The normalized spacial score (nSPS) is 15.9. The Morgan fingerprint density at radius 1 is 1.28 bits per heavy atom. The summed E-state index contributed by atoms with van der Waals surface area (Å²) in [4.78, 5) is 10.2. The molecular formula is C20H28N4S. The Morgan fingerprint density at radius 2 is 2.08 bits per heavy atom. The molecule has 0 bridgehead atoms. The van der Waals surface area contributed by atoms with Crippen molar-refractivity contribution in [3.8, 4) is 0 Å². The van der Waals surface area contributed by atoms with Crippen LogP contribution in [0.4, 0.5) is 0 Å². The first kappa shape index (κ1) is 17.9. The second-order valence-corrected chi connectivity index (χ2v) is 7.97. The van der Waals surface area contributed by atoms with E-state index in [-0.39, 0.29) is 5.41 Å². The SMILES string of the molecule is CCc1cnc(CCNC(=NC)NCC2(c3ccccc3C)CC2)s1. The van der Waals surface area contributed by atoms with E-state index in [1.807, 2.05) is 24.6 Å². The van der Waals surface area contributed by atoms with Crippen LogP contribution in [0.15, 0.2) is 35.5 Å². The van der Waals surface area contributed by atoms with Crippen molar-refractivity contribution >= 4 is 17.3 Å². The van der Waals surface area contributed by atoms with Gasteiger partial charge in [0.05, 0.1) is 5.01 Å². The number of nitrogens with one attached hydrogen (secondary N) is 2. The second kappa shape index (κ2) is 8.00. The van der Waals surface area contributed by atoms with E-state index in [2.05, 4.69) is 58.7 Å². The summed E-state index contributed by atoms with van der Waals surface area (Å²) in [7, 11) is 1.83. The van der Waals surface area contributed by atoms with Gasteiger partial charge in [-0.3, -0.25) is 4.99 Å². The van der Waals surface area contributed by atoms with Crippen LogP contribution in [0.2, 0.25) is 0 Å². The molecule has 134 valence electrons. The Morgan fingerprint density at radius 3 is 2.72 bits per heavy atom. The van der Waals surface area contributed by atoms with Crippen LogP contribution in [0.25, 0.3) is 0 Å². The van der Waals surface area contributed by atoms with E-state index in [9.17, 15) is 0 Å². The second-order valence-electron chi connectivity index (χ2n) is 6.77. The van der Waals surface area contributed by atoms with Gasteiger partial charge in [0.25, 0.3) is 0 Å². The number of thiazole rings is 1. The van der Waals surface area contributed by atoms with Crippen molar-refractivity contribution in [1.29, 1.82) is 0 Å². The van der Waals surface area contributed by atoms with Gasteiger partial charge in [-0.25, -0.2) is 4.98 Å². The van der Waals surface area contributed by atoms with Crippen LogP contribution in [0.3, 0.4) is 0 Å². The van der Waals surface area contributed by atoms with Gasteiger partial charge in [-0.2, -0.15) is 0 Å². The molecule has 3 rings (SSSR count). The van der Waals surface area contributed by atoms with Crippen LogP contribution < -0.4 is 10.6 Å². The third-order valence-corrected chi connectivity index (χ3v) is 6.17. The van der Waals surface area contributed by atoms with Gasteiger partial charge < -0.3 is 10.6 Å². The molecule has 2 aromatic rings. The molecule has 1 aromatic heterocycles. The maximum atomic E-state index is 4.47. The van der Waals surface area contributed by atoms with Gasteiger partial charge >= 0.3 is 0 Å². The molecule has 0 spiro atoms. The zero-order chi connectivity index (χ0) is 17.7. The fourth-order valence-electron chi connectivity index (χ4n) is 3.25. The summed E-state index contributed by atoms with van der Waals surface area (Å²) in [5.41, 5.74) is 3.15. The molecule has 0 aliphatic heterocycles. The Balaban J connectivity index is 1.49. The van der Waals surface area contributed by atoms with Crippen LogP contribution in [-0.4, -0.2) is 31.1 Å². The van der Waals surface area contributed by atoms with Gasteiger partial charge in [-0.1, -0.05) is 31.2 Å². The Bertz CT molecular complexity index is 731. The minimum absolute atomic E-state index is 0.286. The van der Waals surface area contributed by atoms with Crippen molar-refractivity contribution in [2.24, 2.45) is 4.99 Å². The maximum absolute atomic E-state index is 4.47. The number of hydrogen-bond donors (Lipinski definition) is 2. The number of nitrogens with zero attached hydrogens (tertiary/aromatic N) is 2. The number of hydrogen-bond acceptors (Lipinski definition) is 3. The van der Waals surface area contributed by atoms with Crippen molar-refractivity contribution in [2.75, 3.05) is 20.1 Å². The molecule has 0 unspecified atom stereocenters. The zero-order valence-electron chi connectivity index (χ0n) is 15.4. The Labute approximate surface area is 154 Å². The molecule has 25 heavy (non-hydrogen) atoms. The molecule has 0 amide bonds. The molecule has 1 saturated carbocycles. The molecule has 1 aliphatic carbocycles. The molecule has 2 N–H and O–H groups in total. The van der Waals surface area contributed by atoms with Crippen LogP contribution >= 0.6 is 11.3 Å². The highest BCUT2D eigenvalue weighted by Crippen LogP contribution is 2.48. The largest absolute Gasteiger partial charge is 0.356 e. The van der Waals surface area contributed by atoms with E-state index in [4.69, 9.17) is 0 Å². The summed E-state index contributed by atoms with van der Waals surface area (Å²) < 4.78 is 0. The smallest absolute Gasteiger partial charge is 0.191 e. The average molecular weight is 357 g/mol. The summed E-state index contributed by atoms with van der Waals surface area (Å²) >= 11 is 1.81. The van der Waals surface area contributed by atoms with E-state index in [1.54, 1.807) is 0 Å². The first-order valence-electron chi connectivity index (χ1n) is 9.11. The van der Waals surface area contributed by atoms with Crippen molar-refractivity contribution in [3.05, 3.63) is 51.5 Å². The highest BCUT2D eigenvalue weighted by atomic mass is 32.1. The van der Waals surface area contributed by atoms with E-state index in [0.717, 1.165) is 31.9 Å². The van der Waals surface area contributed by atoms with E-state index in [1.165, 1.54) is 33.9 Å². The predicted molar refractivity (Wildman–Crippen MR) is 107 cm³/mol. The molecule has 0 atom stereocenters. The summed E-state index contributed by atoms with van der Waals surface area (Å²) in [6, 6.07) is 8.74. The molecule has 1 aromatic carbocycles. The average Bonchev–Trinajstić information content (AvgIpc) is 3.27. The van der Waals surface area contributed by atoms with Crippen LogP contribution in [-0.2, 0) is 18.3 Å². The lowest BCUT2D eigenvalue weighted by molar-refractivity contribution is 0.642. The Kier molecular flexibility index (Phi) is 5.74. The van der Waals surface area contributed by atoms with E-state index >= 15 is 0 Å². The fourth-order valence-corrected chi connectivity index (χ4v) is 4.11. The third-order valence-electron chi connectivity index (χ3n) is 4.97. The van der Waals surface area contributed by atoms with Crippen molar-refractivity contribution in [3.63, 3.8) is 0 Å². The van der Waals surface area contributed by atoms with E-state index < -0.39 is 0 Å². The molecule has 4 nitrogen and oxygen atoms in total. The summed E-state index contributed by atoms with van der Waals surface area (Å²) in [6.07, 6.45) is 6.50. The van der Waals surface area contributed by atoms with Gasteiger partial charge in [-0.05, 0) is 37.3 Å². The zero-order valence-corrected chi connectivity index (χ0v) is 16.2. The topological polar surface area (TPSA) is 49.3 Å². The van der Waals surface area contributed by atoms with Crippen LogP contribution in [0, 0.1) is 6.92 Å². The highest BCUT2D eigenvalue weighted by Gasteiger charge is 2.44. The minimum Gasteiger partial charge on any atom is -0.356 e. The minimum atomic E-state index is 0.286. The predicted octanol–water partition coefficient (Wildman–Crippen LogP) is 3.45. The lowest BCUT2D eigenvalue weighted by atomic mass is 9.92. The summed E-state index contributed by atoms with van der Waals surface area (Å²) in [5.74, 6) is 0.882. The van der Waals surface area contributed by atoms with Gasteiger partial charge in [0.1, 0.15) is 0 Å². The summed E-state index contributed by atoms with van der Waals surface area (Å²) in [5, 5.41) is 8.13. The standard InChI is InChI=1S/C20H28N4S/c1-4-16-13-23-18(25-16)9-12-22-19(21-3)24-14-20(10-11-20)17-8-6-5-7-15(17)2/h5-8,13H,4,9-12,14H2,1-3H3,(H2,21,22,24). The van der Waals surface area contributed by atoms with Crippen molar-refractivity contribution < 1.29 is 0 Å². The van der Waals surface area contributed by atoms with Crippen LogP contribution in [0.1, 0.15) is 40.8 Å². The van der Waals surface area contributed by atoms with Gasteiger partial charge in [0.2, 0.25) is 0 Å². The molecular weight excluding hydrogens is 328 g/mol. The third kappa shape index (κ3) is 4.40. The van der Waals surface area contributed by atoms with Gasteiger partial charge in [0, 0.05) is 43.0 Å². The highest BCUT2D eigenvalue weighted by molar-refractivity contribution is 7.11. The lowest BCUT2D eigenvalue weighted by Crippen LogP contribution is -2.42. The van der Waals surface area contributed by atoms with Crippen molar-refractivity contribution in [1.82, 2.24) is 15.6 Å².